The number of amides is 1. The highest BCUT2D eigenvalue weighted by molar-refractivity contribution is 7.15. The molecule has 0 unspecified atom stereocenters. The summed E-state index contributed by atoms with van der Waals surface area (Å²) in [5.41, 5.74) is 3.73. The van der Waals surface area contributed by atoms with Crippen molar-refractivity contribution in [1.29, 1.82) is 0 Å². The van der Waals surface area contributed by atoms with E-state index >= 15 is 0 Å². The van der Waals surface area contributed by atoms with Crippen LogP contribution in [0.5, 0.6) is 0 Å². The van der Waals surface area contributed by atoms with Crippen LogP contribution in [0.4, 0.5) is 5.13 Å². The van der Waals surface area contributed by atoms with Crippen LogP contribution in [0.25, 0.3) is 0 Å². The molecule has 0 spiro atoms. The number of aromatic nitrogens is 1. The van der Waals surface area contributed by atoms with Gasteiger partial charge in [-0.15, -0.1) is 11.3 Å². The molecular weight excluding hydrogens is 324 g/mol. The standard InChI is InChI=1S/C18H18N2OS2/c1-13-2-4-14(5-3-13)10-16-11-19-18(23-16)20-17(21)7-6-15-8-9-22-12-15/h2-5,8-9,11-12H,6-7,10H2,1H3,(H,19,20,21). The lowest BCUT2D eigenvalue weighted by Gasteiger charge is -2.01. The van der Waals surface area contributed by atoms with Gasteiger partial charge in [0.1, 0.15) is 0 Å². The van der Waals surface area contributed by atoms with Gasteiger partial charge in [0, 0.05) is 23.9 Å². The van der Waals surface area contributed by atoms with Gasteiger partial charge in [-0.2, -0.15) is 11.3 Å². The molecule has 23 heavy (non-hydrogen) atoms. The Balaban J connectivity index is 1.52. The molecule has 0 saturated carbocycles. The molecule has 1 N–H and O–H groups in total. The van der Waals surface area contributed by atoms with Crippen LogP contribution in [0, 0.1) is 6.92 Å². The van der Waals surface area contributed by atoms with E-state index < -0.39 is 0 Å². The number of carbonyl (C=O) groups is 1. The molecule has 0 aliphatic heterocycles. The number of aryl methyl sites for hydroxylation is 2. The molecule has 3 rings (SSSR count). The minimum absolute atomic E-state index is 0.0208. The third kappa shape index (κ3) is 4.74. The molecule has 0 radical (unpaired) electrons. The normalized spacial score (nSPS) is 10.7. The van der Waals surface area contributed by atoms with Gasteiger partial charge in [-0.25, -0.2) is 4.98 Å². The van der Waals surface area contributed by atoms with Crippen LogP contribution in [0.1, 0.15) is 28.0 Å². The van der Waals surface area contributed by atoms with Crippen molar-refractivity contribution < 1.29 is 4.79 Å². The number of nitrogens with zero attached hydrogens (tertiary/aromatic N) is 1. The second-order valence-corrected chi connectivity index (χ2v) is 7.37. The van der Waals surface area contributed by atoms with Gasteiger partial charge in [0.2, 0.25) is 5.91 Å². The largest absolute Gasteiger partial charge is 0.302 e. The number of anilines is 1. The summed E-state index contributed by atoms with van der Waals surface area (Å²) < 4.78 is 0. The van der Waals surface area contributed by atoms with Crippen molar-refractivity contribution in [2.24, 2.45) is 0 Å². The summed E-state index contributed by atoms with van der Waals surface area (Å²) in [6, 6.07) is 10.6. The van der Waals surface area contributed by atoms with Crippen molar-refractivity contribution >= 4 is 33.7 Å². The Hall–Kier alpha value is -1.98. The van der Waals surface area contributed by atoms with E-state index in [0.717, 1.165) is 17.7 Å². The summed E-state index contributed by atoms with van der Waals surface area (Å²) in [6.45, 7) is 2.08. The molecule has 3 nitrogen and oxygen atoms in total. The fraction of sp³-hybridized carbons (Fsp3) is 0.222. The first-order valence-corrected chi connectivity index (χ1v) is 9.26. The molecule has 0 aliphatic rings. The molecule has 1 amide bonds. The summed E-state index contributed by atoms with van der Waals surface area (Å²) in [5.74, 6) is 0.0208. The molecule has 0 atom stereocenters. The number of thiophene rings is 1. The van der Waals surface area contributed by atoms with Crippen LogP contribution >= 0.6 is 22.7 Å². The van der Waals surface area contributed by atoms with Crippen LogP contribution in [0.2, 0.25) is 0 Å². The van der Waals surface area contributed by atoms with Gasteiger partial charge < -0.3 is 5.32 Å². The number of benzene rings is 1. The Labute approximate surface area is 144 Å². The van der Waals surface area contributed by atoms with E-state index in [9.17, 15) is 4.79 Å². The number of rotatable bonds is 6. The fourth-order valence-corrected chi connectivity index (χ4v) is 3.79. The number of thiazole rings is 1. The molecule has 1 aromatic carbocycles. The Morgan fingerprint density at radius 2 is 2.00 bits per heavy atom. The first-order chi connectivity index (χ1) is 11.2. The first kappa shape index (κ1) is 15.9. The van der Waals surface area contributed by atoms with Gasteiger partial charge >= 0.3 is 0 Å². The smallest absolute Gasteiger partial charge is 0.226 e. The summed E-state index contributed by atoms with van der Waals surface area (Å²) in [5, 5.41) is 7.69. The topological polar surface area (TPSA) is 42.0 Å². The summed E-state index contributed by atoms with van der Waals surface area (Å²) >= 11 is 3.20. The molecule has 5 heteroatoms. The predicted molar refractivity (Wildman–Crippen MR) is 97.4 cm³/mol. The van der Waals surface area contributed by atoms with Gasteiger partial charge in [-0.05, 0) is 41.3 Å². The van der Waals surface area contributed by atoms with Gasteiger partial charge in [0.25, 0.3) is 0 Å². The van der Waals surface area contributed by atoms with Crippen molar-refractivity contribution in [3.63, 3.8) is 0 Å². The fourth-order valence-electron chi connectivity index (χ4n) is 2.23. The van der Waals surface area contributed by atoms with E-state index in [-0.39, 0.29) is 5.91 Å². The SMILES string of the molecule is Cc1ccc(Cc2cnc(NC(=O)CCc3ccsc3)s2)cc1. The highest BCUT2D eigenvalue weighted by atomic mass is 32.1. The average molecular weight is 342 g/mol. The maximum Gasteiger partial charge on any atom is 0.226 e. The van der Waals surface area contributed by atoms with Gasteiger partial charge in [-0.3, -0.25) is 4.79 Å². The van der Waals surface area contributed by atoms with Crippen LogP contribution in [-0.4, -0.2) is 10.9 Å². The molecule has 0 fully saturated rings. The monoisotopic (exact) mass is 342 g/mol. The van der Waals surface area contributed by atoms with Gasteiger partial charge in [0.05, 0.1) is 0 Å². The van der Waals surface area contributed by atoms with E-state index in [1.54, 1.807) is 22.7 Å². The zero-order chi connectivity index (χ0) is 16.1. The zero-order valence-corrected chi connectivity index (χ0v) is 14.5. The van der Waals surface area contributed by atoms with Gasteiger partial charge in [-0.1, -0.05) is 29.8 Å². The van der Waals surface area contributed by atoms with E-state index in [4.69, 9.17) is 0 Å². The third-order valence-corrected chi connectivity index (χ3v) is 5.16. The average Bonchev–Trinajstić information content (AvgIpc) is 3.20. The molecule has 118 valence electrons. The highest BCUT2D eigenvalue weighted by Gasteiger charge is 2.08. The second kappa shape index (κ2) is 7.53. The Bertz CT molecular complexity index is 761. The molecule has 0 bridgehead atoms. The van der Waals surface area contributed by atoms with E-state index in [1.807, 2.05) is 11.6 Å². The van der Waals surface area contributed by atoms with E-state index in [0.29, 0.717) is 11.6 Å². The maximum absolute atomic E-state index is 12.0. The second-order valence-electron chi connectivity index (χ2n) is 5.47. The van der Waals surface area contributed by atoms with Crippen molar-refractivity contribution in [2.45, 2.75) is 26.2 Å². The number of carbonyl (C=O) groups excluding carboxylic acids is 1. The van der Waals surface area contributed by atoms with Crippen LogP contribution in [0.3, 0.4) is 0 Å². The number of hydrogen-bond acceptors (Lipinski definition) is 4. The quantitative estimate of drug-likeness (QED) is 0.707. The molecule has 2 heterocycles. The summed E-state index contributed by atoms with van der Waals surface area (Å²) in [6.07, 6.45) is 3.96. The maximum atomic E-state index is 12.0. The summed E-state index contributed by atoms with van der Waals surface area (Å²) in [7, 11) is 0. The molecule has 0 aliphatic carbocycles. The number of nitrogens with one attached hydrogen (secondary N) is 1. The predicted octanol–water partition coefficient (Wildman–Crippen LogP) is 4.68. The van der Waals surface area contributed by atoms with Crippen molar-refractivity contribution in [3.8, 4) is 0 Å². The first-order valence-electron chi connectivity index (χ1n) is 7.50. The number of hydrogen-bond donors (Lipinski definition) is 1. The van der Waals surface area contributed by atoms with E-state index in [1.165, 1.54) is 16.7 Å². The lowest BCUT2D eigenvalue weighted by Crippen LogP contribution is -2.11. The summed E-state index contributed by atoms with van der Waals surface area (Å²) in [4.78, 5) is 17.4. The molecular formula is C18H18N2OS2. The van der Waals surface area contributed by atoms with Crippen LogP contribution in [-0.2, 0) is 17.6 Å². The Morgan fingerprint density at radius 3 is 2.74 bits per heavy atom. The molecule has 0 saturated heterocycles. The lowest BCUT2D eigenvalue weighted by molar-refractivity contribution is -0.116. The van der Waals surface area contributed by atoms with Crippen LogP contribution in [0.15, 0.2) is 47.3 Å². The van der Waals surface area contributed by atoms with Crippen LogP contribution < -0.4 is 5.32 Å². The van der Waals surface area contributed by atoms with Crippen molar-refractivity contribution in [1.82, 2.24) is 4.98 Å². The minimum atomic E-state index is 0.0208. The third-order valence-electron chi connectivity index (χ3n) is 3.52. The highest BCUT2D eigenvalue weighted by Crippen LogP contribution is 2.21. The Kier molecular flexibility index (Phi) is 5.20. The van der Waals surface area contributed by atoms with E-state index in [2.05, 4.69) is 52.9 Å². The molecule has 3 aromatic rings. The zero-order valence-electron chi connectivity index (χ0n) is 12.9. The molecule has 2 aromatic heterocycles. The minimum Gasteiger partial charge on any atom is -0.302 e. The van der Waals surface area contributed by atoms with Crippen molar-refractivity contribution in [3.05, 3.63) is 68.9 Å². The lowest BCUT2D eigenvalue weighted by atomic mass is 10.1. The van der Waals surface area contributed by atoms with Gasteiger partial charge in [0.15, 0.2) is 5.13 Å². The van der Waals surface area contributed by atoms with Crippen molar-refractivity contribution in [2.75, 3.05) is 5.32 Å². The Morgan fingerprint density at radius 1 is 1.17 bits per heavy atom.